The molecule has 0 radical (unpaired) electrons. The molecule has 0 aromatic heterocycles. The second-order valence-corrected chi connectivity index (χ2v) is 5.81. The summed E-state index contributed by atoms with van der Waals surface area (Å²) in [6.45, 7) is 2.93. The fourth-order valence-electron chi connectivity index (χ4n) is 2.25. The lowest BCUT2D eigenvalue weighted by molar-refractivity contribution is 0.0685. The van der Waals surface area contributed by atoms with Crippen molar-refractivity contribution in [1.29, 1.82) is 0 Å². The summed E-state index contributed by atoms with van der Waals surface area (Å²) in [7, 11) is 2.16. The Balaban J connectivity index is 2.00. The fraction of sp³-hybridized carbons (Fsp3) is 0.538. The van der Waals surface area contributed by atoms with Crippen LogP contribution in [0.15, 0.2) is 18.2 Å². The highest BCUT2D eigenvalue weighted by Crippen LogP contribution is 2.26. The highest BCUT2D eigenvalue weighted by atomic mass is 127. The maximum Gasteiger partial charge on any atom is 0.0500 e. The van der Waals surface area contributed by atoms with Gasteiger partial charge in [-0.1, -0.05) is 0 Å². The zero-order valence-electron chi connectivity index (χ0n) is 10.2. The summed E-state index contributed by atoms with van der Waals surface area (Å²) < 4.78 is 6.61. The third-order valence-corrected chi connectivity index (χ3v) is 4.12. The number of anilines is 2. The molecule has 2 N–H and O–H groups in total. The van der Waals surface area contributed by atoms with Gasteiger partial charge in [-0.05, 0) is 59.5 Å². The molecular weight excluding hydrogens is 327 g/mol. The molecule has 0 aliphatic carbocycles. The van der Waals surface area contributed by atoms with Crippen LogP contribution in [0, 0.1) is 9.49 Å². The number of ether oxygens (including phenoxy) is 1. The molecule has 17 heavy (non-hydrogen) atoms. The molecule has 1 aromatic rings. The Bertz CT molecular complexity index is 378. The molecule has 1 saturated heterocycles. The Kier molecular flexibility index (Phi) is 4.50. The maximum atomic E-state index is 5.77. The van der Waals surface area contributed by atoms with Crippen LogP contribution >= 0.6 is 22.6 Å². The molecule has 0 saturated carbocycles. The summed E-state index contributed by atoms with van der Waals surface area (Å²) in [5, 5.41) is 0. The van der Waals surface area contributed by atoms with Crippen LogP contribution in [0.1, 0.15) is 12.8 Å². The first-order valence-electron chi connectivity index (χ1n) is 6.00. The number of nitrogen functional groups attached to an aromatic ring is 1. The zero-order valence-corrected chi connectivity index (χ0v) is 12.3. The first-order valence-corrected chi connectivity index (χ1v) is 7.08. The summed E-state index contributed by atoms with van der Waals surface area (Å²) in [5.41, 5.74) is 7.87. The largest absolute Gasteiger partial charge is 0.399 e. The van der Waals surface area contributed by atoms with Gasteiger partial charge in [0.05, 0.1) is 5.69 Å². The lowest BCUT2D eigenvalue weighted by atomic mass is 10.00. The van der Waals surface area contributed by atoms with Crippen LogP contribution in [0.25, 0.3) is 0 Å². The lowest BCUT2D eigenvalue weighted by Crippen LogP contribution is -2.29. The van der Waals surface area contributed by atoms with Crippen LogP contribution in [0.5, 0.6) is 0 Å². The topological polar surface area (TPSA) is 38.5 Å². The highest BCUT2D eigenvalue weighted by Gasteiger charge is 2.16. The van der Waals surface area contributed by atoms with Gasteiger partial charge in [0, 0.05) is 36.1 Å². The van der Waals surface area contributed by atoms with Gasteiger partial charge >= 0.3 is 0 Å². The van der Waals surface area contributed by atoms with Crippen molar-refractivity contribution in [2.75, 3.05) is 37.4 Å². The average molecular weight is 346 g/mol. The van der Waals surface area contributed by atoms with Gasteiger partial charge in [0.25, 0.3) is 0 Å². The van der Waals surface area contributed by atoms with Crippen molar-refractivity contribution in [1.82, 2.24) is 0 Å². The van der Waals surface area contributed by atoms with Crippen molar-refractivity contribution >= 4 is 34.0 Å². The molecule has 1 aliphatic rings. The van der Waals surface area contributed by atoms with E-state index in [0.717, 1.165) is 31.4 Å². The first-order chi connectivity index (χ1) is 8.16. The van der Waals surface area contributed by atoms with Crippen LogP contribution < -0.4 is 10.6 Å². The van der Waals surface area contributed by atoms with E-state index in [-0.39, 0.29) is 0 Å². The number of nitrogens with two attached hydrogens (primary N) is 1. The third-order valence-electron chi connectivity index (χ3n) is 3.26. The molecule has 0 atom stereocenters. The molecule has 4 heteroatoms. The SMILES string of the molecule is CN(CC1CCOCC1)c1ccc(N)cc1I. The normalized spacial score (nSPS) is 17.1. The Hall–Kier alpha value is -0.490. The monoisotopic (exact) mass is 346 g/mol. The van der Waals surface area contributed by atoms with E-state index in [9.17, 15) is 0 Å². The smallest absolute Gasteiger partial charge is 0.0500 e. The standard InChI is InChI=1S/C13H19IN2O/c1-16(9-10-4-6-17-7-5-10)13-3-2-11(15)8-12(13)14/h2-3,8,10H,4-7,9,15H2,1H3. The van der Waals surface area contributed by atoms with Crippen molar-refractivity contribution in [3.05, 3.63) is 21.8 Å². The van der Waals surface area contributed by atoms with Crippen LogP contribution in [0.2, 0.25) is 0 Å². The Morgan fingerprint density at radius 2 is 2.12 bits per heavy atom. The minimum atomic E-state index is 0.752. The summed E-state index contributed by atoms with van der Waals surface area (Å²) >= 11 is 2.35. The van der Waals surface area contributed by atoms with Gasteiger partial charge < -0.3 is 15.4 Å². The summed E-state index contributed by atoms with van der Waals surface area (Å²) in [6.07, 6.45) is 2.35. The van der Waals surface area contributed by atoms with Crippen molar-refractivity contribution in [3.63, 3.8) is 0 Å². The molecule has 0 amide bonds. The van der Waals surface area contributed by atoms with Crippen molar-refractivity contribution < 1.29 is 4.74 Å². The van der Waals surface area contributed by atoms with Crippen LogP contribution in [0.4, 0.5) is 11.4 Å². The molecule has 1 aliphatic heterocycles. The van der Waals surface area contributed by atoms with E-state index in [0.29, 0.717) is 0 Å². The fourth-order valence-corrected chi connectivity index (χ4v) is 3.20. The molecule has 1 fully saturated rings. The van der Waals surface area contributed by atoms with E-state index >= 15 is 0 Å². The highest BCUT2D eigenvalue weighted by molar-refractivity contribution is 14.1. The summed E-state index contributed by atoms with van der Waals surface area (Å²) in [5.74, 6) is 0.752. The lowest BCUT2D eigenvalue weighted by Gasteiger charge is -2.29. The number of benzene rings is 1. The average Bonchev–Trinajstić information content (AvgIpc) is 2.30. The van der Waals surface area contributed by atoms with Gasteiger partial charge in [-0.2, -0.15) is 0 Å². The van der Waals surface area contributed by atoms with E-state index in [1.165, 1.54) is 22.1 Å². The molecule has 2 rings (SSSR count). The third kappa shape index (κ3) is 3.48. The zero-order chi connectivity index (χ0) is 12.3. The van der Waals surface area contributed by atoms with Crippen molar-refractivity contribution in [2.45, 2.75) is 12.8 Å². The Labute approximate surface area is 116 Å². The Morgan fingerprint density at radius 3 is 2.76 bits per heavy atom. The predicted molar refractivity (Wildman–Crippen MR) is 80.4 cm³/mol. The van der Waals surface area contributed by atoms with Crippen molar-refractivity contribution in [2.24, 2.45) is 5.92 Å². The van der Waals surface area contributed by atoms with Gasteiger partial charge in [0.2, 0.25) is 0 Å². The molecular formula is C13H19IN2O. The summed E-state index contributed by atoms with van der Waals surface area (Å²) in [4.78, 5) is 2.33. The molecule has 0 unspecified atom stereocenters. The maximum absolute atomic E-state index is 5.77. The number of rotatable bonds is 3. The minimum Gasteiger partial charge on any atom is -0.399 e. The second kappa shape index (κ2) is 5.91. The van der Waals surface area contributed by atoms with E-state index in [1.807, 2.05) is 12.1 Å². The predicted octanol–water partition coefficient (Wildman–Crippen LogP) is 2.74. The number of hydrogen-bond acceptors (Lipinski definition) is 3. The number of halogens is 1. The van der Waals surface area contributed by atoms with E-state index in [4.69, 9.17) is 10.5 Å². The molecule has 94 valence electrons. The molecule has 3 nitrogen and oxygen atoms in total. The molecule has 1 heterocycles. The van der Waals surface area contributed by atoms with Gasteiger partial charge in [0.15, 0.2) is 0 Å². The van der Waals surface area contributed by atoms with Crippen LogP contribution in [0.3, 0.4) is 0 Å². The van der Waals surface area contributed by atoms with Gasteiger partial charge in [0.1, 0.15) is 0 Å². The molecule has 0 spiro atoms. The van der Waals surface area contributed by atoms with Gasteiger partial charge in [-0.3, -0.25) is 0 Å². The van der Waals surface area contributed by atoms with Crippen LogP contribution in [-0.2, 0) is 4.74 Å². The second-order valence-electron chi connectivity index (χ2n) is 4.65. The minimum absolute atomic E-state index is 0.752. The van der Waals surface area contributed by atoms with E-state index < -0.39 is 0 Å². The Morgan fingerprint density at radius 1 is 1.41 bits per heavy atom. The quantitative estimate of drug-likeness (QED) is 0.676. The van der Waals surface area contributed by atoms with E-state index in [1.54, 1.807) is 0 Å². The number of nitrogens with zero attached hydrogens (tertiary/aromatic N) is 1. The van der Waals surface area contributed by atoms with Gasteiger partial charge in [-0.25, -0.2) is 0 Å². The number of hydrogen-bond donors (Lipinski definition) is 1. The van der Waals surface area contributed by atoms with E-state index in [2.05, 4.69) is 40.6 Å². The van der Waals surface area contributed by atoms with Crippen molar-refractivity contribution in [3.8, 4) is 0 Å². The molecule has 0 bridgehead atoms. The molecule has 1 aromatic carbocycles. The summed E-state index contributed by atoms with van der Waals surface area (Å²) in [6, 6.07) is 6.10. The van der Waals surface area contributed by atoms with Gasteiger partial charge in [-0.15, -0.1) is 0 Å². The van der Waals surface area contributed by atoms with Crippen LogP contribution in [-0.4, -0.2) is 26.8 Å². The first kappa shape index (κ1) is 13.0.